The van der Waals surface area contributed by atoms with E-state index in [0.717, 1.165) is 161 Å². The van der Waals surface area contributed by atoms with E-state index in [0.29, 0.717) is 142 Å². The quantitative estimate of drug-likeness (QED) is 0.0163. The minimum Gasteiger partial charge on any atom is -0.494 e. The predicted octanol–water partition coefficient (Wildman–Crippen LogP) is 17.0. The molecule has 0 unspecified atom stereocenters. The molecule has 147 heavy (non-hydrogen) atoms. The first-order chi connectivity index (χ1) is 70.4. The summed E-state index contributed by atoms with van der Waals surface area (Å²) in [5, 5.41) is 33.8. The number of nitrogens with zero attached hydrogens (tertiary/aromatic N) is 21. The number of anilines is 16. The van der Waals surface area contributed by atoms with E-state index >= 15 is 0 Å². The number of methoxy groups -OCH3 is 4. The molecule has 4 aromatic carbocycles. The van der Waals surface area contributed by atoms with Crippen LogP contribution in [0.1, 0.15) is 55.7 Å². The minimum atomic E-state index is -0.527. The van der Waals surface area contributed by atoms with Crippen LogP contribution in [0.3, 0.4) is 0 Å². The molecule has 0 bridgehead atoms. The molecule has 12 aromatic rings. The van der Waals surface area contributed by atoms with Gasteiger partial charge in [-0.1, -0.05) is 61.1 Å². The summed E-state index contributed by atoms with van der Waals surface area (Å²) in [7, 11) is 32.5. The van der Waals surface area contributed by atoms with Crippen molar-refractivity contribution in [3.63, 3.8) is 0 Å². The highest BCUT2D eigenvalue weighted by Crippen LogP contribution is 2.46. The summed E-state index contributed by atoms with van der Waals surface area (Å²) in [4.78, 5) is 102. The fourth-order valence-corrected chi connectivity index (χ4v) is 17.7. The molecule has 8 aromatic heterocycles. The van der Waals surface area contributed by atoms with E-state index in [2.05, 4.69) is 177 Å². The van der Waals surface area contributed by atoms with Crippen molar-refractivity contribution in [1.82, 2.24) is 88.3 Å². The Morgan fingerprint density at radius 1 is 0.429 bits per heavy atom. The van der Waals surface area contributed by atoms with Gasteiger partial charge in [0.25, 0.3) is 0 Å². The number of nitrogens with one attached hydrogen (secondary N) is 9. The number of ether oxygens (including phenoxy) is 4. The highest BCUT2D eigenvalue weighted by atomic mass is 35.5. The molecule has 4 amide bonds. The van der Waals surface area contributed by atoms with Gasteiger partial charge < -0.3 is 120 Å². The lowest BCUT2D eigenvalue weighted by Gasteiger charge is -2.37. The lowest BCUT2D eigenvalue weighted by atomic mass is 10.0. The van der Waals surface area contributed by atoms with Crippen molar-refractivity contribution >= 4 is 150 Å². The first-order valence-corrected chi connectivity index (χ1v) is 49.0. The largest absolute Gasteiger partial charge is 0.494 e. The van der Waals surface area contributed by atoms with E-state index < -0.39 is 5.82 Å². The van der Waals surface area contributed by atoms with Gasteiger partial charge in [0.2, 0.25) is 47.4 Å². The van der Waals surface area contributed by atoms with Crippen molar-refractivity contribution in [2.24, 2.45) is 21.1 Å². The molecule has 3 fully saturated rings. The highest BCUT2D eigenvalue weighted by molar-refractivity contribution is 6.34. The van der Waals surface area contributed by atoms with E-state index in [4.69, 9.17) is 58.7 Å². The number of amides is 4. The average Bonchev–Trinajstić information content (AvgIpc) is 1.28. The summed E-state index contributed by atoms with van der Waals surface area (Å²) in [6.45, 7) is 26.9. The Labute approximate surface area is 873 Å². The van der Waals surface area contributed by atoms with Crippen LogP contribution in [0.15, 0.2) is 180 Å². The van der Waals surface area contributed by atoms with Crippen LogP contribution in [0.25, 0.3) is 45.0 Å². The van der Waals surface area contributed by atoms with Crippen molar-refractivity contribution in [2.45, 2.75) is 70.5 Å². The minimum absolute atomic E-state index is 0.178. The Hall–Kier alpha value is -14.7. The van der Waals surface area contributed by atoms with Gasteiger partial charge in [0, 0.05) is 190 Å². The molecular weight excluding hydrogens is 1930 g/mol. The second kappa shape index (κ2) is 51.9. The van der Waals surface area contributed by atoms with E-state index in [9.17, 15) is 23.6 Å². The summed E-state index contributed by atoms with van der Waals surface area (Å²) in [5.41, 5.74) is 15.6. The van der Waals surface area contributed by atoms with Gasteiger partial charge in [0.05, 0.1) is 166 Å². The van der Waals surface area contributed by atoms with Crippen LogP contribution < -0.4 is 86.4 Å². The summed E-state index contributed by atoms with van der Waals surface area (Å²) in [5.74, 6) is 1.78. The maximum atomic E-state index is 14.4. The van der Waals surface area contributed by atoms with Gasteiger partial charge in [-0.15, -0.1) is 0 Å². The topological polar surface area (TPSA) is 375 Å². The molecule has 38 nitrogen and oxygen atoms in total. The Morgan fingerprint density at radius 3 is 1.13 bits per heavy atom. The van der Waals surface area contributed by atoms with E-state index in [1.165, 1.54) is 24.3 Å². The van der Waals surface area contributed by atoms with Gasteiger partial charge >= 0.3 is 0 Å². The fraction of sp³-hybridized carbons (Fsp3) is 0.362. The molecule has 9 N–H and O–H groups in total. The number of rotatable bonds is 37. The molecule has 42 heteroatoms. The van der Waals surface area contributed by atoms with Crippen molar-refractivity contribution in [1.29, 1.82) is 0 Å². The van der Waals surface area contributed by atoms with Crippen molar-refractivity contribution in [3.8, 4) is 68.0 Å². The molecule has 0 saturated carbocycles. The van der Waals surface area contributed by atoms with E-state index in [1.807, 2.05) is 174 Å². The number of hydrogen-bond acceptors (Lipinski definition) is 30. The van der Waals surface area contributed by atoms with Crippen LogP contribution in [0.5, 0.6) is 23.0 Å². The first kappa shape index (κ1) is 111. The molecule has 0 radical (unpaired) electrons. The van der Waals surface area contributed by atoms with Crippen molar-refractivity contribution in [2.75, 3.05) is 226 Å². The number of likely N-dealkylation sites (N-methyl/N-ethyl adjacent to an activating group) is 4. The molecule has 0 atom stereocenters. The third kappa shape index (κ3) is 29.4. The zero-order valence-corrected chi connectivity index (χ0v) is 89.2. The summed E-state index contributed by atoms with van der Waals surface area (Å²) >= 11 is 19.4. The normalized spacial score (nSPS) is 13.2. The zero-order chi connectivity index (χ0) is 106. The number of carbonyl (C=O) groups excluding carboxylic acids is 4. The van der Waals surface area contributed by atoms with Crippen molar-refractivity contribution < 1.29 is 42.5 Å². The van der Waals surface area contributed by atoms with Crippen LogP contribution in [0.4, 0.5) is 96.4 Å². The monoisotopic (exact) mass is 2070 g/mol. The van der Waals surface area contributed by atoms with Gasteiger partial charge in [0.1, 0.15) is 28.7 Å². The maximum absolute atomic E-state index is 14.4. The smallest absolute Gasteiger partial charge is 0.247 e. The average molecular weight is 2070 g/mol. The standard InChI is InChI=1S/C29H38ClN9O2.C27H34ClN7O2.C25H32ClN7O2.C24H30FN7O2/c1-5-27(40)34-23-14-24(26(41-4)15-25(23)38-12-8-20(9-13-38)37(2)3)35-29-32-17-22(30)28(36-29)19-16-33-39(18-19)21-6-10-31-11-7-21;1-7-25(36)30-21-12-22(24(37-6)13-23(21)35-10-8-18(9-11-35)33(3)4)31-27-29-14-20(28)26(32-27)19-16-34(5)15-17(19)2;1-8-23(34)28-19-11-20(22(35-7)12-21(19)33(6)10-9-31(3)4)29-25-27-13-18(26)24(30-25)17-15-32(5)14-16(17)2;1-7-22(33)27-18-12-19(21(34-6)13-20(18)32(5)11-10-30(2)3)28-24-26-14-17(25)23(29-24)16-8-9-31(4)15-16/h5,14-18,20-21,31H,1,6-13H2,2-4H3,(H,34,40)(H,32,35,36);7,12-16,18H,1,8-11H2,2-6H3,(H,30,36)(H,29,31,32);8,11-15H,1,9-10H2,2-7H3,(H,28,34)(H,27,29,30);7-9,12-15H,1,10-11H2,2-6H3,(H,27,33)(H,26,28,29). The number of benzene rings is 4. The van der Waals surface area contributed by atoms with Crippen LogP contribution in [-0.4, -0.2) is 283 Å². The molecule has 780 valence electrons. The molecule has 15 rings (SSSR count). The summed E-state index contributed by atoms with van der Waals surface area (Å²) in [6.07, 6.45) is 32.3. The Balaban J connectivity index is 0.000000175. The van der Waals surface area contributed by atoms with E-state index in [1.54, 1.807) is 77.6 Å². The maximum Gasteiger partial charge on any atom is 0.247 e. The van der Waals surface area contributed by atoms with Crippen LogP contribution >= 0.6 is 34.8 Å². The molecule has 3 saturated heterocycles. The predicted molar refractivity (Wildman–Crippen MR) is 590 cm³/mol. The Morgan fingerprint density at radius 2 is 0.782 bits per heavy atom. The third-order valence-corrected chi connectivity index (χ3v) is 26.0. The lowest BCUT2D eigenvalue weighted by molar-refractivity contribution is -0.112. The lowest BCUT2D eigenvalue weighted by Crippen LogP contribution is -2.42. The molecule has 3 aliphatic heterocycles. The summed E-state index contributed by atoms with van der Waals surface area (Å²) in [6, 6.07) is 18.0. The molecule has 0 aliphatic carbocycles. The SMILES string of the molecule is C=CC(=O)Nc1cc(Nc2ncc(Cl)c(-c3cn(C)cc3C)n2)c(OC)cc1N(C)CCN(C)C.C=CC(=O)Nc1cc(Nc2ncc(Cl)c(-c3cn(C)cc3C)n2)c(OC)cc1N1CCC(N(C)C)CC1.C=CC(=O)Nc1cc(Nc2ncc(Cl)c(-c3cnn(C4CCNCC4)c3)n2)c(OC)cc1N1CCC(N(C)C)CC1.C=CC(=O)Nc1cc(Nc2ncc(F)c(-c3ccn(C)c3)n2)c(OC)cc1N(C)CCN(C)C. The molecule has 11 heterocycles. The number of halogens is 4. The van der Waals surface area contributed by atoms with E-state index in [-0.39, 0.29) is 35.3 Å². The van der Waals surface area contributed by atoms with Gasteiger partial charge in [-0.25, -0.2) is 44.3 Å². The highest BCUT2D eigenvalue weighted by Gasteiger charge is 2.30. The van der Waals surface area contributed by atoms with Crippen LogP contribution in [-0.2, 0) is 40.3 Å². The van der Waals surface area contributed by atoms with Crippen molar-refractivity contribution in [3.05, 3.63) is 212 Å². The van der Waals surface area contributed by atoms with Crippen LogP contribution in [0.2, 0.25) is 15.1 Å². The Bertz CT molecular complexity index is 6640. The second-order valence-corrected chi connectivity index (χ2v) is 37.9. The molecule has 3 aliphatic rings. The zero-order valence-electron chi connectivity index (χ0n) is 87.0. The number of hydrogen-bond donors (Lipinski definition) is 9. The van der Waals surface area contributed by atoms with Gasteiger partial charge in [-0.05, 0) is 188 Å². The second-order valence-electron chi connectivity index (χ2n) is 36.7. The first-order valence-electron chi connectivity index (χ1n) is 47.9. The number of carbonyl (C=O) groups is 4. The summed E-state index contributed by atoms with van der Waals surface area (Å²) < 4.78 is 44.9. The number of piperidine rings is 3. The fourth-order valence-electron chi connectivity index (χ4n) is 17.1. The molecular formula is C105H134Cl3FN30O8. The number of aryl methyl sites for hydroxylation is 5. The Kier molecular flexibility index (Phi) is 39.2. The van der Waals surface area contributed by atoms with Crippen LogP contribution in [0, 0.1) is 19.7 Å². The van der Waals surface area contributed by atoms with Gasteiger partial charge in [0.15, 0.2) is 5.82 Å². The van der Waals surface area contributed by atoms with Gasteiger partial charge in [-0.2, -0.15) is 5.10 Å². The third-order valence-electron chi connectivity index (χ3n) is 25.1. The number of aromatic nitrogens is 13. The molecule has 0 spiro atoms. The van der Waals surface area contributed by atoms with Gasteiger partial charge in [-0.3, -0.25) is 23.9 Å².